The second-order valence-electron chi connectivity index (χ2n) is 14.9. The van der Waals surface area contributed by atoms with Gasteiger partial charge in [0.15, 0.2) is 0 Å². The molecular weight excluding hydrogens is 830 g/mol. The van der Waals surface area contributed by atoms with Gasteiger partial charge in [-0.15, -0.1) is 0 Å². The molecule has 0 aliphatic heterocycles. The fraction of sp³-hybridized carbons (Fsp3) is 0.217. The molecule has 0 N–H and O–H groups in total. The van der Waals surface area contributed by atoms with Crippen molar-refractivity contribution in [2.75, 3.05) is 0 Å². The molecule has 2 aliphatic carbocycles. The normalized spacial score (nSPS) is 17.8. The predicted octanol–water partition coefficient (Wildman–Crippen LogP) is 14.5. The predicted molar refractivity (Wildman–Crippen MR) is 221 cm³/mol. The van der Waals surface area contributed by atoms with E-state index in [-0.39, 0.29) is 7.35 Å². The van der Waals surface area contributed by atoms with Gasteiger partial charge in [-0.25, -0.2) is 0 Å². The van der Waals surface area contributed by atoms with Crippen LogP contribution in [0, 0.1) is 0 Å². The van der Waals surface area contributed by atoms with Crippen molar-refractivity contribution in [3.05, 3.63) is 155 Å². The van der Waals surface area contributed by atoms with Gasteiger partial charge in [-0.05, 0) is 0 Å². The van der Waals surface area contributed by atoms with Crippen LogP contribution in [0.4, 0.5) is 0 Å². The average Bonchev–Trinajstić information content (AvgIpc) is 3.71. The molecule has 0 saturated carbocycles. The molecule has 2 atom stereocenters. The van der Waals surface area contributed by atoms with Crippen LogP contribution in [-0.2, 0) is 15.3 Å². The number of benzene rings is 6. The minimum absolute atomic E-state index is 0.101. The van der Waals surface area contributed by atoms with E-state index in [9.17, 15) is 0 Å². The molecule has 0 fully saturated rings. The summed E-state index contributed by atoms with van der Waals surface area (Å²) in [7, 11) is 17.6. The van der Waals surface area contributed by atoms with Gasteiger partial charge in [0.05, 0.1) is 0 Å². The van der Waals surface area contributed by atoms with E-state index >= 15 is 0 Å². The third-order valence-corrected chi connectivity index (χ3v) is 84.6. The summed E-state index contributed by atoms with van der Waals surface area (Å²) in [4.78, 5) is 0. The van der Waals surface area contributed by atoms with Gasteiger partial charge in [0.2, 0.25) is 0 Å². The maximum atomic E-state index is 8.81. The molecule has 4 heteroatoms. The Labute approximate surface area is 306 Å². The SMILES string of the molecule is CCCC1=Cc2c(-c3cccc4ccccc34)cccc2[CH]1[Hf]([Cl])([Cl])([CH]1C(CCC)=Cc2c(-c3cccc4ccccc34)cccc21)[SiH](C)C. The fourth-order valence-corrected chi connectivity index (χ4v) is 54.1. The second-order valence-corrected chi connectivity index (χ2v) is 74.1. The molecule has 8 rings (SSSR count). The summed E-state index contributed by atoms with van der Waals surface area (Å²) in [5, 5.41) is 5.11. The Kier molecular flexibility index (Phi) is 9.00. The molecule has 0 bridgehead atoms. The molecule has 2 aliphatic rings. The van der Waals surface area contributed by atoms with Crippen molar-refractivity contribution in [3.63, 3.8) is 0 Å². The van der Waals surface area contributed by atoms with Crippen LogP contribution in [0.2, 0.25) is 13.1 Å². The quantitative estimate of drug-likeness (QED) is 0.127. The van der Waals surface area contributed by atoms with E-state index < -0.39 is 21.3 Å². The van der Waals surface area contributed by atoms with Gasteiger partial charge in [0.25, 0.3) is 0 Å². The summed E-state index contributed by atoms with van der Waals surface area (Å²) in [5.41, 5.74) is 13.5. The zero-order valence-corrected chi connectivity index (χ0v) is 35.8. The van der Waals surface area contributed by atoms with Crippen molar-refractivity contribution in [3.8, 4) is 22.3 Å². The minimum atomic E-state index is -5.06. The Morgan fingerprint density at radius 1 is 0.500 bits per heavy atom. The first-order valence-electron chi connectivity index (χ1n) is 18.5. The molecule has 0 amide bonds. The molecular formula is C46H45Cl2HfSi. The molecule has 251 valence electrons. The molecule has 0 heterocycles. The summed E-state index contributed by atoms with van der Waals surface area (Å²) >= 11 is -5.06. The standard InChI is InChI=1S/2C22H19.C2H7Si.2ClH.Hf/c2*1-2-7-16-14-18-10-6-13-21(22(18)15-16)20-12-5-9-17-8-3-4-11-19(17)20;1-3-2;;;/h2*3-6,8-15H,2,7H2,1H3;3H,1-2H3;2*1H;/q;;;;;+2/p-2. The van der Waals surface area contributed by atoms with Crippen molar-refractivity contribution in [1.29, 1.82) is 0 Å². The Bertz CT molecular complexity index is 2180. The van der Waals surface area contributed by atoms with E-state index in [0.29, 0.717) is 0 Å². The number of rotatable bonds is 9. The average molecular weight is 875 g/mol. The van der Waals surface area contributed by atoms with E-state index in [1.54, 1.807) is 0 Å². The molecule has 0 radical (unpaired) electrons. The van der Waals surface area contributed by atoms with Gasteiger partial charge < -0.3 is 0 Å². The molecule has 6 aromatic rings. The maximum absolute atomic E-state index is 8.81. The van der Waals surface area contributed by atoms with Crippen molar-refractivity contribution in [2.24, 2.45) is 0 Å². The van der Waals surface area contributed by atoms with Gasteiger partial charge >= 0.3 is 309 Å². The summed E-state index contributed by atoms with van der Waals surface area (Å²) in [6.45, 7) is 9.55. The first-order chi connectivity index (χ1) is 24.3. The molecule has 0 saturated heterocycles. The van der Waals surface area contributed by atoms with Crippen LogP contribution in [0.25, 0.3) is 56.0 Å². The molecule has 50 heavy (non-hydrogen) atoms. The van der Waals surface area contributed by atoms with Gasteiger partial charge in [0.1, 0.15) is 0 Å². The van der Waals surface area contributed by atoms with Crippen LogP contribution >= 0.6 is 17.2 Å². The van der Waals surface area contributed by atoms with E-state index in [1.165, 1.54) is 77.2 Å². The Hall–Kier alpha value is -3.01. The number of fused-ring (bicyclic) bond motifs is 4. The van der Waals surface area contributed by atoms with Crippen LogP contribution < -0.4 is 0 Å². The van der Waals surface area contributed by atoms with Gasteiger partial charge in [0, 0.05) is 0 Å². The molecule has 0 nitrogen and oxygen atoms in total. The Morgan fingerprint density at radius 3 is 1.30 bits per heavy atom. The molecule has 0 aromatic heterocycles. The monoisotopic (exact) mass is 875 g/mol. The van der Waals surface area contributed by atoms with E-state index in [2.05, 4.69) is 160 Å². The summed E-state index contributed by atoms with van der Waals surface area (Å²) in [6, 6.07) is 44.8. The third-order valence-electron chi connectivity index (χ3n) is 11.7. The molecule has 6 aromatic carbocycles. The fourth-order valence-electron chi connectivity index (χ4n) is 9.47. The first kappa shape index (κ1) is 34.1. The number of allylic oxidation sites excluding steroid dienone is 2. The van der Waals surface area contributed by atoms with Crippen LogP contribution in [0.15, 0.2) is 132 Å². The number of hydrogen-bond acceptors (Lipinski definition) is 0. The zero-order valence-electron chi connectivity index (χ0n) is 29.5. The Balaban J connectivity index is 1.36. The van der Waals surface area contributed by atoms with Gasteiger partial charge in [-0.3, -0.25) is 0 Å². The van der Waals surface area contributed by atoms with E-state index in [0.717, 1.165) is 25.7 Å². The first-order valence-corrected chi connectivity index (χ1v) is 40.6. The van der Waals surface area contributed by atoms with Crippen LogP contribution in [-0.4, -0.2) is 5.98 Å². The van der Waals surface area contributed by atoms with Crippen molar-refractivity contribution < 1.29 is 15.3 Å². The van der Waals surface area contributed by atoms with Gasteiger partial charge in [-0.2, -0.15) is 0 Å². The third kappa shape index (κ3) is 5.23. The number of hydrogen-bond donors (Lipinski definition) is 0. The molecule has 0 spiro atoms. The summed E-state index contributed by atoms with van der Waals surface area (Å²) in [6.07, 6.45) is 9.22. The van der Waals surface area contributed by atoms with Crippen molar-refractivity contribution in [2.45, 2.75) is 60.0 Å². The topological polar surface area (TPSA) is 0 Å². The van der Waals surface area contributed by atoms with Crippen molar-refractivity contribution in [1.82, 2.24) is 0 Å². The van der Waals surface area contributed by atoms with Gasteiger partial charge in [-0.1, -0.05) is 0 Å². The van der Waals surface area contributed by atoms with E-state index in [1.807, 2.05) is 0 Å². The Morgan fingerprint density at radius 2 is 0.880 bits per heavy atom. The van der Waals surface area contributed by atoms with E-state index in [4.69, 9.17) is 17.2 Å². The van der Waals surface area contributed by atoms with Crippen LogP contribution in [0.1, 0.15) is 69.1 Å². The van der Waals surface area contributed by atoms with Crippen LogP contribution in [0.3, 0.4) is 0 Å². The summed E-state index contributed by atoms with van der Waals surface area (Å²) in [5.74, 6) is -1.66. The zero-order chi connectivity index (χ0) is 34.6. The van der Waals surface area contributed by atoms with Crippen LogP contribution in [0.5, 0.6) is 0 Å². The number of halogens is 2. The second kappa shape index (κ2) is 13.2. The van der Waals surface area contributed by atoms with Crippen molar-refractivity contribution >= 4 is 56.8 Å². The summed E-state index contributed by atoms with van der Waals surface area (Å²) < 4.78 is 0.202. The molecule has 2 unspecified atom stereocenters.